The van der Waals surface area contributed by atoms with E-state index in [1.807, 2.05) is 20.8 Å². The fourth-order valence-corrected chi connectivity index (χ4v) is 3.23. The maximum Gasteiger partial charge on any atom is 0.407 e. The van der Waals surface area contributed by atoms with E-state index in [-0.39, 0.29) is 19.3 Å². The smallest absolute Gasteiger partial charge is 0.407 e. The predicted molar refractivity (Wildman–Crippen MR) is 129 cm³/mol. The molecule has 0 rings (SSSR count). The van der Waals surface area contributed by atoms with Gasteiger partial charge in [-0.2, -0.15) is 8.42 Å². The zero-order chi connectivity index (χ0) is 24.8. The standard InChI is InChI=1S/C23H47NO8S/c1-23(2,3)32-22(25)24-14-12-10-8-6-5-7-9-11-13-15-28-16-17-29-18-19-30-20-21-31-33(4,26)27/h5-21H2,1-4H3,(H,24,25). The van der Waals surface area contributed by atoms with Crippen LogP contribution in [0.4, 0.5) is 4.79 Å². The quantitative estimate of drug-likeness (QED) is 0.176. The molecule has 0 spiro atoms. The molecule has 0 aromatic heterocycles. The highest BCUT2D eigenvalue weighted by atomic mass is 32.2. The van der Waals surface area contributed by atoms with Gasteiger partial charge in [0.05, 0.1) is 45.9 Å². The maximum absolute atomic E-state index is 11.5. The van der Waals surface area contributed by atoms with E-state index >= 15 is 0 Å². The van der Waals surface area contributed by atoms with Gasteiger partial charge in [0, 0.05) is 13.2 Å². The Balaban J connectivity index is 3.15. The maximum atomic E-state index is 11.5. The Morgan fingerprint density at radius 1 is 0.667 bits per heavy atom. The summed E-state index contributed by atoms with van der Waals surface area (Å²) in [5.41, 5.74) is -0.441. The number of rotatable bonds is 22. The SMILES string of the molecule is CC(C)(C)OC(=O)NCCCCCCCCCCCOCCOCCOCCOS(C)(=O)=O. The summed E-state index contributed by atoms with van der Waals surface area (Å²) in [6.07, 6.45) is 11.3. The van der Waals surface area contributed by atoms with Crippen LogP contribution in [-0.2, 0) is 33.2 Å². The van der Waals surface area contributed by atoms with E-state index in [0.29, 0.717) is 33.0 Å². The number of ether oxygens (including phenoxy) is 4. The first kappa shape index (κ1) is 32.1. The number of unbranched alkanes of at least 4 members (excludes halogenated alkanes) is 8. The van der Waals surface area contributed by atoms with E-state index in [2.05, 4.69) is 9.50 Å². The van der Waals surface area contributed by atoms with Gasteiger partial charge in [0.25, 0.3) is 10.1 Å². The molecule has 1 N–H and O–H groups in total. The van der Waals surface area contributed by atoms with Gasteiger partial charge in [0.15, 0.2) is 0 Å². The molecular formula is C23H47NO8S. The molecule has 10 heteroatoms. The third-order valence-electron chi connectivity index (χ3n) is 4.40. The Morgan fingerprint density at radius 3 is 1.58 bits per heavy atom. The number of carbonyl (C=O) groups is 1. The van der Waals surface area contributed by atoms with Gasteiger partial charge in [-0.3, -0.25) is 4.18 Å². The van der Waals surface area contributed by atoms with Crippen LogP contribution in [0.25, 0.3) is 0 Å². The highest BCUT2D eigenvalue weighted by Gasteiger charge is 2.15. The van der Waals surface area contributed by atoms with Crippen molar-refractivity contribution in [3.05, 3.63) is 0 Å². The number of carbonyl (C=O) groups excluding carboxylic acids is 1. The van der Waals surface area contributed by atoms with E-state index in [1.54, 1.807) is 0 Å². The second kappa shape index (κ2) is 20.4. The molecule has 0 radical (unpaired) electrons. The molecule has 0 saturated heterocycles. The Labute approximate surface area is 201 Å². The van der Waals surface area contributed by atoms with Crippen molar-refractivity contribution in [1.82, 2.24) is 5.32 Å². The summed E-state index contributed by atoms with van der Waals surface area (Å²) >= 11 is 0. The largest absolute Gasteiger partial charge is 0.444 e. The van der Waals surface area contributed by atoms with Crippen molar-refractivity contribution in [3.63, 3.8) is 0 Å². The minimum absolute atomic E-state index is 0.0248. The molecule has 0 saturated carbocycles. The molecular weight excluding hydrogens is 450 g/mol. The van der Waals surface area contributed by atoms with Gasteiger partial charge in [-0.05, 0) is 33.6 Å². The van der Waals surface area contributed by atoms with Gasteiger partial charge in [0.2, 0.25) is 0 Å². The molecule has 1 amide bonds. The average Bonchev–Trinajstić information content (AvgIpc) is 2.69. The first-order chi connectivity index (χ1) is 15.6. The Kier molecular flexibility index (Phi) is 19.9. The molecule has 0 aliphatic heterocycles. The van der Waals surface area contributed by atoms with E-state index in [9.17, 15) is 13.2 Å². The van der Waals surface area contributed by atoms with E-state index in [0.717, 1.165) is 32.1 Å². The third kappa shape index (κ3) is 29.0. The third-order valence-corrected chi connectivity index (χ3v) is 5.00. The van der Waals surface area contributed by atoms with Crippen LogP contribution >= 0.6 is 0 Å². The van der Waals surface area contributed by atoms with Crippen molar-refractivity contribution < 1.29 is 36.3 Å². The van der Waals surface area contributed by atoms with Gasteiger partial charge in [0.1, 0.15) is 5.60 Å². The molecule has 198 valence electrons. The van der Waals surface area contributed by atoms with Gasteiger partial charge in [-0.15, -0.1) is 0 Å². The fourth-order valence-electron chi connectivity index (χ4n) is 2.86. The summed E-state index contributed by atoms with van der Waals surface area (Å²) in [6.45, 7) is 9.21. The molecule has 0 heterocycles. The Morgan fingerprint density at radius 2 is 1.09 bits per heavy atom. The van der Waals surface area contributed by atoms with Crippen molar-refractivity contribution in [2.24, 2.45) is 0 Å². The lowest BCUT2D eigenvalue weighted by atomic mass is 10.1. The number of hydrogen-bond acceptors (Lipinski definition) is 8. The molecule has 0 bridgehead atoms. The highest BCUT2D eigenvalue weighted by Crippen LogP contribution is 2.10. The summed E-state index contributed by atoms with van der Waals surface area (Å²) < 4.78 is 47.4. The zero-order valence-corrected chi connectivity index (χ0v) is 22.0. The Hall–Kier alpha value is -0.940. The van der Waals surface area contributed by atoms with Crippen molar-refractivity contribution in [3.8, 4) is 0 Å². The van der Waals surface area contributed by atoms with Crippen LogP contribution in [0.2, 0.25) is 0 Å². The molecule has 9 nitrogen and oxygen atoms in total. The van der Waals surface area contributed by atoms with Gasteiger partial charge < -0.3 is 24.3 Å². The molecule has 0 aliphatic rings. The lowest BCUT2D eigenvalue weighted by Gasteiger charge is -2.19. The predicted octanol–water partition coefficient (Wildman–Crippen LogP) is 4.05. The lowest BCUT2D eigenvalue weighted by molar-refractivity contribution is 0.00916. The number of alkyl carbamates (subject to hydrolysis) is 1. The lowest BCUT2D eigenvalue weighted by Crippen LogP contribution is -2.32. The van der Waals surface area contributed by atoms with Gasteiger partial charge in [-0.1, -0.05) is 44.9 Å². The molecule has 33 heavy (non-hydrogen) atoms. The normalized spacial score (nSPS) is 12.1. The topological polar surface area (TPSA) is 109 Å². The van der Waals surface area contributed by atoms with Crippen LogP contribution in [0.5, 0.6) is 0 Å². The van der Waals surface area contributed by atoms with Crippen LogP contribution in [-0.4, -0.2) is 79.2 Å². The van der Waals surface area contributed by atoms with E-state index < -0.39 is 15.7 Å². The van der Waals surface area contributed by atoms with Crippen molar-refractivity contribution in [1.29, 1.82) is 0 Å². The zero-order valence-electron chi connectivity index (χ0n) is 21.2. The van der Waals surface area contributed by atoms with Crippen LogP contribution in [0.3, 0.4) is 0 Å². The molecule has 0 atom stereocenters. The molecule has 0 aromatic carbocycles. The van der Waals surface area contributed by atoms with Crippen molar-refractivity contribution in [2.45, 2.75) is 84.2 Å². The average molecular weight is 498 g/mol. The second-order valence-corrected chi connectivity index (χ2v) is 10.6. The van der Waals surface area contributed by atoms with Gasteiger partial charge >= 0.3 is 6.09 Å². The minimum Gasteiger partial charge on any atom is -0.444 e. The summed E-state index contributed by atoms with van der Waals surface area (Å²) in [5.74, 6) is 0. The van der Waals surface area contributed by atoms with Crippen molar-refractivity contribution in [2.75, 3.05) is 59.0 Å². The molecule has 0 unspecified atom stereocenters. The monoisotopic (exact) mass is 497 g/mol. The van der Waals surface area contributed by atoms with Crippen LogP contribution in [0.15, 0.2) is 0 Å². The fraction of sp³-hybridized carbons (Fsp3) is 0.957. The van der Waals surface area contributed by atoms with Crippen molar-refractivity contribution >= 4 is 16.2 Å². The number of nitrogens with one attached hydrogen (secondary N) is 1. The van der Waals surface area contributed by atoms with Crippen LogP contribution in [0, 0.1) is 0 Å². The highest BCUT2D eigenvalue weighted by molar-refractivity contribution is 7.85. The molecule has 0 aliphatic carbocycles. The summed E-state index contributed by atoms with van der Waals surface area (Å²) in [6, 6.07) is 0. The molecule has 0 aromatic rings. The van der Waals surface area contributed by atoms with E-state index in [4.69, 9.17) is 18.9 Å². The number of hydrogen-bond donors (Lipinski definition) is 1. The van der Waals surface area contributed by atoms with E-state index in [1.165, 1.54) is 38.5 Å². The van der Waals surface area contributed by atoms with Crippen LogP contribution < -0.4 is 5.32 Å². The van der Waals surface area contributed by atoms with Crippen LogP contribution in [0.1, 0.15) is 78.6 Å². The number of amides is 1. The minimum atomic E-state index is -3.40. The van der Waals surface area contributed by atoms with Gasteiger partial charge in [-0.25, -0.2) is 4.79 Å². The summed E-state index contributed by atoms with van der Waals surface area (Å²) in [5, 5.41) is 2.79. The first-order valence-electron chi connectivity index (χ1n) is 12.1. The summed E-state index contributed by atoms with van der Waals surface area (Å²) in [4.78, 5) is 11.5. The molecule has 0 fully saturated rings. The summed E-state index contributed by atoms with van der Waals surface area (Å²) in [7, 11) is -3.40. The second-order valence-electron chi connectivity index (χ2n) is 8.97. The Bertz CT molecular complexity index is 563. The first-order valence-corrected chi connectivity index (χ1v) is 14.0.